The number of para-hydroxylation sites is 1. The van der Waals surface area contributed by atoms with Gasteiger partial charge in [-0.3, -0.25) is 4.79 Å². The highest BCUT2D eigenvalue weighted by Crippen LogP contribution is 2.33. The lowest BCUT2D eigenvalue weighted by Crippen LogP contribution is -2.15. The fourth-order valence-corrected chi connectivity index (χ4v) is 3.68. The zero-order chi connectivity index (χ0) is 15.6. The lowest BCUT2D eigenvalue weighted by molar-refractivity contribution is 0.0919. The number of carbonyl (C=O) groups is 1. The smallest absolute Gasteiger partial charge is 0.200 e. The first-order chi connectivity index (χ1) is 9.90. The second-order valence-corrected chi connectivity index (χ2v) is 6.75. The monoisotopic (exact) mass is 410 g/mol. The first-order valence-corrected chi connectivity index (χ1v) is 8.16. The van der Waals surface area contributed by atoms with Crippen molar-refractivity contribution in [1.82, 2.24) is 0 Å². The van der Waals surface area contributed by atoms with Gasteiger partial charge in [0.2, 0.25) is 5.78 Å². The molecule has 0 spiro atoms. The van der Waals surface area contributed by atoms with E-state index in [1.165, 1.54) is 0 Å². The number of Topliss-reactive ketones (excluding diaryl/α,β-unsaturated/α-hetero) is 1. The molecule has 0 fully saturated rings. The summed E-state index contributed by atoms with van der Waals surface area (Å²) < 4.78 is 7.32. The largest absolute Gasteiger partial charge is 0.483 e. The van der Waals surface area contributed by atoms with Crippen molar-refractivity contribution in [3.8, 4) is 5.75 Å². The van der Waals surface area contributed by atoms with E-state index < -0.39 is 0 Å². The summed E-state index contributed by atoms with van der Waals surface area (Å²) >= 11 is 6.85. The number of benzene rings is 2. The molecule has 0 saturated carbocycles. The molecule has 0 heterocycles. The zero-order valence-corrected chi connectivity index (χ0v) is 15.3. The van der Waals surface area contributed by atoms with Crippen LogP contribution in [0.2, 0.25) is 0 Å². The van der Waals surface area contributed by atoms with Gasteiger partial charge in [0.15, 0.2) is 6.61 Å². The lowest BCUT2D eigenvalue weighted by Gasteiger charge is -2.13. The number of carbonyl (C=O) groups excluding carboxylic acids is 1. The van der Waals surface area contributed by atoms with E-state index in [1.54, 1.807) is 0 Å². The molecular weight excluding hydrogens is 396 g/mol. The van der Waals surface area contributed by atoms with Crippen molar-refractivity contribution in [1.29, 1.82) is 0 Å². The highest BCUT2D eigenvalue weighted by molar-refractivity contribution is 9.11. The molecule has 0 N–H and O–H groups in total. The minimum atomic E-state index is -0.00680. The van der Waals surface area contributed by atoms with Crippen LogP contribution in [0.3, 0.4) is 0 Å². The molecule has 0 aliphatic heterocycles. The minimum absolute atomic E-state index is 0.00680. The Bertz CT molecular complexity index is 650. The maximum Gasteiger partial charge on any atom is 0.200 e. The van der Waals surface area contributed by atoms with Crippen LogP contribution in [0.1, 0.15) is 27.0 Å². The van der Waals surface area contributed by atoms with Crippen LogP contribution in [0, 0.1) is 20.8 Å². The van der Waals surface area contributed by atoms with Crippen molar-refractivity contribution >= 4 is 37.6 Å². The molecule has 2 aromatic carbocycles. The van der Waals surface area contributed by atoms with E-state index in [9.17, 15) is 4.79 Å². The van der Waals surface area contributed by atoms with E-state index in [0.717, 1.165) is 31.2 Å². The molecule has 2 aromatic rings. The predicted octanol–water partition coefficient (Wildman–Crippen LogP) is 5.40. The SMILES string of the molecule is Cc1cc(C)c(C(=O)COc2c(Br)cccc2Br)c(C)c1. The molecule has 0 aliphatic carbocycles. The Morgan fingerprint density at radius 1 is 1.05 bits per heavy atom. The van der Waals surface area contributed by atoms with Crippen molar-refractivity contribution < 1.29 is 9.53 Å². The molecule has 0 bridgehead atoms. The molecule has 0 radical (unpaired) electrons. The fraction of sp³-hybridized carbons (Fsp3) is 0.235. The predicted molar refractivity (Wildman–Crippen MR) is 92.3 cm³/mol. The highest BCUT2D eigenvalue weighted by Gasteiger charge is 2.15. The van der Waals surface area contributed by atoms with Crippen LogP contribution in [0.15, 0.2) is 39.3 Å². The van der Waals surface area contributed by atoms with E-state index in [2.05, 4.69) is 31.9 Å². The zero-order valence-electron chi connectivity index (χ0n) is 12.2. The summed E-state index contributed by atoms with van der Waals surface area (Å²) in [6.07, 6.45) is 0. The molecule has 0 aliphatic rings. The van der Waals surface area contributed by atoms with Gasteiger partial charge in [0.25, 0.3) is 0 Å². The Morgan fingerprint density at radius 2 is 1.57 bits per heavy atom. The Labute approximate surface area is 141 Å². The molecule has 0 aromatic heterocycles. The fourth-order valence-electron chi connectivity index (χ4n) is 2.45. The van der Waals surface area contributed by atoms with Crippen LogP contribution in [0.25, 0.3) is 0 Å². The average molecular weight is 412 g/mol. The number of hydrogen-bond acceptors (Lipinski definition) is 2. The molecule has 110 valence electrons. The van der Waals surface area contributed by atoms with Crippen LogP contribution in [-0.4, -0.2) is 12.4 Å². The molecule has 0 unspecified atom stereocenters. The third-order valence-electron chi connectivity index (χ3n) is 3.22. The van der Waals surface area contributed by atoms with E-state index in [1.807, 2.05) is 51.1 Å². The summed E-state index contributed by atoms with van der Waals surface area (Å²) in [5, 5.41) is 0. The summed E-state index contributed by atoms with van der Waals surface area (Å²) in [7, 11) is 0. The van der Waals surface area contributed by atoms with Gasteiger partial charge < -0.3 is 4.74 Å². The molecule has 2 rings (SSSR count). The van der Waals surface area contributed by atoms with Crippen molar-refractivity contribution in [2.45, 2.75) is 20.8 Å². The molecule has 2 nitrogen and oxygen atoms in total. The first-order valence-electron chi connectivity index (χ1n) is 6.58. The summed E-state index contributed by atoms with van der Waals surface area (Å²) in [5.41, 5.74) is 3.90. The van der Waals surface area contributed by atoms with Gasteiger partial charge in [0.05, 0.1) is 8.95 Å². The van der Waals surface area contributed by atoms with Crippen molar-refractivity contribution in [3.05, 3.63) is 61.5 Å². The maximum absolute atomic E-state index is 12.4. The van der Waals surface area contributed by atoms with Crippen LogP contribution < -0.4 is 4.74 Å². The average Bonchev–Trinajstić information content (AvgIpc) is 2.36. The Balaban J connectivity index is 2.20. The molecule has 0 saturated heterocycles. The summed E-state index contributed by atoms with van der Waals surface area (Å²) in [6, 6.07) is 9.71. The van der Waals surface area contributed by atoms with Crippen molar-refractivity contribution in [3.63, 3.8) is 0 Å². The van der Waals surface area contributed by atoms with Crippen LogP contribution >= 0.6 is 31.9 Å². The second-order valence-electron chi connectivity index (χ2n) is 5.04. The maximum atomic E-state index is 12.4. The van der Waals surface area contributed by atoms with Crippen LogP contribution in [-0.2, 0) is 0 Å². The van der Waals surface area contributed by atoms with E-state index >= 15 is 0 Å². The second kappa shape index (κ2) is 6.75. The minimum Gasteiger partial charge on any atom is -0.483 e. The quantitative estimate of drug-likeness (QED) is 0.629. The summed E-state index contributed by atoms with van der Waals surface area (Å²) in [6.45, 7) is 5.97. The standard InChI is InChI=1S/C17H16Br2O2/c1-10-7-11(2)16(12(3)8-10)15(20)9-21-17-13(18)5-4-6-14(17)19/h4-8H,9H2,1-3H3. The number of rotatable bonds is 4. The van der Waals surface area contributed by atoms with E-state index in [0.29, 0.717) is 5.75 Å². The number of ether oxygens (including phenoxy) is 1. The lowest BCUT2D eigenvalue weighted by atomic mass is 9.97. The Hall–Kier alpha value is -1.13. The molecule has 4 heteroatoms. The normalized spacial score (nSPS) is 10.5. The first kappa shape index (κ1) is 16.2. The van der Waals surface area contributed by atoms with Gasteiger partial charge >= 0.3 is 0 Å². The number of halogens is 2. The molecule has 21 heavy (non-hydrogen) atoms. The van der Waals surface area contributed by atoms with Gasteiger partial charge in [-0.2, -0.15) is 0 Å². The summed E-state index contributed by atoms with van der Waals surface area (Å²) in [5.74, 6) is 0.640. The molecular formula is C17H16Br2O2. The van der Waals surface area contributed by atoms with Crippen LogP contribution in [0.5, 0.6) is 5.75 Å². The van der Waals surface area contributed by atoms with Gasteiger partial charge in [-0.25, -0.2) is 0 Å². The number of ketones is 1. The van der Waals surface area contributed by atoms with Gasteiger partial charge in [0.1, 0.15) is 5.75 Å². The van der Waals surface area contributed by atoms with Gasteiger partial charge in [-0.05, 0) is 75.9 Å². The van der Waals surface area contributed by atoms with Gasteiger partial charge in [-0.15, -0.1) is 0 Å². The summed E-state index contributed by atoms with van der Waals surface area (Å²) in [4.78, 5) is 12.4. The highest BCUT2D eigenvalue weighted by atomic mass is 79.9. The number of hydrogen-bond donors (Lipinski definition) is 0. The Morgan fingerprint density at radius 3 is 2.10 bits per heavy atom. The van der Waals surface area contributed by atoms with E-state index in [4.69, 9.17) is 4.74 Å². The Kier molecular flexibility index (Phi) is 5.22. The number of aryl methyl sites for hydroxylation is 3. The van der Waals surface area contributed by atoms with E-state index in [-0.39, 0.29) is 12.4 Å². The van der Waals surface area contributed by atoms with Crippen LogP contribution in [0.4, 0.5) is 0 Å². The molecule has 0 atom stereocenters. The van der Waals surface area contributed by atoms with Gasteiger partial charge in [0, 0.05) is 5.56 Å². The van der Waals surface area contributed by atoms with Gasteiger partial charge in [-0.1, -0.05) is 23.8 Å². The topological polar surface area (TPSA) is 26.3 Å². The third-order valence-corrected chi connectivity index (χ3v) is 4.47. The van der Waals surface area contributed by atoms with Crippen molar-refractivity contribution in [2.75, 3.05) is 6.61 Å². The van der Waals surface area contributed by atoms with Crippen molar-refractivity contribution in [2.24, 2.45) is 0 Å². The molecule has 0 amide bonds. The third kappa shape index (κ3) is 3.74.